The number of anilines is 1. The fraction of sp³-hybridized carbons (Fsp3) is 0.310. The number of carbonyl (C=O) groups excluding carboxylic acids is 2. The maximum absolute atomic E-state index is 14.0. The molecule has 0 fully saturated rings. The number of nitrogens with one attached hydrogen (secondary N) is 1. The van der Waals surface area contributed by atoms with Gasteiger partial charge in [0.25, 0.3) is 10.0 Å². The first-order chi connectivity index (χ1) is 19.4. The molecule has 3 rings (SSSR count). The minimum atomic E-state index is -4.77. The van der Waals surface area contributed by atoms with Gasteiger partial charge in [0.1, 0.15) is 12.6 Å². The van der Waals surface area contributed by atoms with Gasteiger partial charge in [-0.3, -0.25) is 13.9 Å². The molecule has 0 saturated carbocycles. The van der Waals surface area contributed by atoms with Crippen LogP contribution in [0.3, 0.4) is 0 Å². The van der Waals surface area contributed by atoms with Gasteiger partial charge in [0.05, 0.1) is 16.1 Å². The fourth-order valence-corrected chi connectivity index (χ4v) is 5.94. The predicted molar refractivity (Wildman–Crippen MR) is 157 cm³/mol. The molecule has 3 aromatic rings. The average molecular weight is 645 g/mol. The number of hydrogen-bond acceptors (Lipinski definition) is 4. The molecule has 1 atom stereocenters. The Labute approximate surface area is 253 Å². The SMILES string of the molecule is C[C@@H](C(=O)NC(C)(C)C)N(Cc1c(Cl)cccc1Cl)C(=O)CN(c1cccc(C(F)(F)F)c1)S(=O)(=O)c1ccccc1. The van der Waals surface area contributed by atoms with E-state index in [0.29, 0.717) is 15.9 Å². The van der Waals surface area contributed by atoms with E-state index in [4.69, 9.17) is 23.2 Å². The number of benzene rings is 3. The fourth-order valence-electron chi connectivity index (χ4n) is 4.00. The number of nitrogens with zero attached hydrogens (tertiary/aromatic N) is 2. The van der Waals surface area contributed by atoms with E-state index < -0.39 is 51.7 Å². The van der Waals surface area contributed by atoms with Crippen LogP contribution in [-0.4, -0.2) is 43.3 Å². The van der Waals surface area contributed by atoms with Crippen LogP contribution in [0.25, 0.3) is 0 Å². The van der Waals surface area contributed by atoms with Crippen molar-refractivity contribution in [1.29, 1.82) is 0 Å². The second-order valence-corrected chi connectivity index (χ2v) is 13.2. The van der Waals surface area contributed by atoms with Crippen molar-refractivity contribution in [3.05, 3.63) is 94.0 Å². The molecule has 0 spiro atoms. The largest absolute Gasteiger partial charge is 0.416 e. The van der Waals surface area contributed by atoms with Gasteiger partial charge >= 0.3 is 6.18 Å². The molecule has 13 heteroatoms. The van der Waals surface area contributed by atoms with Crippen LogP contribution in [0.2, 0.25) is 10.0 Å². The van der Waals surface area contributed by atoms with Crippen molar-refractivity contribution in [2.45, 2.75) is 56.9 Å². The van der Waals surface area contributed by atoms with E-state index >= 15 is 0 Å². The number of sulfonamides is 1. The molecule has 226 valence electrons. The third-order valence-electron chi connectivity index (χ3n) is 6.13. The van der Waals surface area contributed by atoms with Gasteiger partial charge in [0.2, 0.25) is 11.8 Å². The second-order valence-electron chi connectivity index (χ2n) is 10.5. The minimum absolute atomic E-state index is 0.204. The summed E-state index contributed by atoms with van der Waals surface area (Å²) in [6.07, 6.45) is -4.77. The molecule has 1 N–H and O–H groups in total. The summed E-state index contributed by atoms with van der Waals surface area (Å²) >= 11 is 12.7. The zero-order chi connectivity index (χ0) is 31.5. The van der Waals surface area contributed by atoms with Gasteiger partial charge < -0.3 is 10.2 Å². The highest BCUT2D eigenvalue weighted by molar-refractivity contribution is 7.92. The van der Waals surface area contributed by atoms with E-state index in [-0.39, 0.29) is 27.2 Å². The lowest BCUT2D eigenvalue weighted by atomic mass is 10.1. The number of alkyl halides is 3. The Hall–Kier alpha value is -3.28. The van der Waals surface area contributed by atoms with Crippen molar-refractivity contribution in [2.24, 2.45) is 0 Å². The molecule has 0 bridgehead atoms. The highest BCUT2D eigenvalue weighted by atomic mass is 35.5. The molecule has 0 saturated heterocycles. The number of carbonyl (C=O) groups is 2. The van der Waals surface area contributed by atoms with Crippen molar-refractivity contribution in [3.63, 3.8) is 0 Å². The van der Waals surface area contributed by atoms with E-state index in [0.717, 1.165) is 23.1 Å². The quantitative estimate of drug-likeness (QED) is 0.287. The Morgan fingerprint density at radius 2 is 1.48 bits per heavy atom. The Kier molecular flexibility index (Phi) is 10.2. The van der Waals surface area contributed by atoms with Crippen molar-refractivity contribution in [2.75, 3.05) is 10.8 Å². The average Bonchev–Trinajstić information content (AvgIpc) is 2.90. The van der Waals surface area contributed by atoms with Gasteiger partial charge in [0.15, 0.2) is 0 Å². The van der Waals surface area contributed by atoms with Crippen molar-refractivity contribution < 1.29 is 31.2 Å². The van der Waals surface area contributed by atoms with Gasteiger partial charge in [-0.2, -0.15) is 13.2 Å². The zero-order valence-electron chi connectivity index (χ0n) is 23.2. The molecule has 42 heavy (non-hydrogen) atoms. The lowest BCUT2D eigenvalue weighted by Gasteiger charge is -2.34. The van der Waals surface area contributed by atoms with E-state index in [2.05, 4.69) is 5.32 Å². The third-order valence-corrected chi connectivity index (χ3v) is 8.62. The van der Waals surface area contributed by atoms with Crippen LogP contribution < -0.4 is 9.62 Å². The normalized spacial score (nSPS) is 12.9. The highest BCUT2D eigenvalue weighted by Crippen LogP contribution is 2.34. The van der Waals surface area contributed by atoms with Crippen LogP contribution in [0, 0.1) is 0 Å². The van der Waals surface area contributed by atoms with E-state index in [1.54, 1.807) is 45.0 Å². The standard InChI is InChI=1S/C29H30Cl2F3N3O4S/c1-19(27(39)35-28(2,3)4)36(17-23-24(30)14-9-15-25(23)31)26(38)18-37(42(40,41)22-12-6-5-7-13-22)21-11-8-10-20(16-21)29(32,33)34/h5-16,19H,17-18H2,1-4H3,(H,35,39)/t19-/m0/s1. The zero-order valence-corrected chi connectivity index (χ0v) is 25.6. The molecular formula is C29H30Cl2F3N3O4S. The maximum atomic E-state index is 14.0. The van der Waals surface area contributed by atoms with Crippen LogP contribution >= 0.6 is 23.2 Å². The van der Waals surface area contributed by atoms with Crippen molar-refractivity contribution in [1.82, 2.24) is 10.2 Å². The number of hydrogen-bond donors (Lipinski definition) is 1. The molecule has 0 aliphatic heterocycles. The van der Waals surface area contributed by atoms with Crippen LogP contribution in [0.5, 0.6) is 0 Å². The molecule has 7 nitrogen and oxygen atoms in total. The third kappa shape index (κ3) is 8.17. The summed E-state index contributed by atoms with van der Waals surface area (Å²) in [6.45, 7) is 5.49. The molecule has 0 aliphatic carbocycles. The van der Waals surface area contributed by atoms with Crippen LogP contribution in [0.4, 0.5) is 18.9 Å². The summed E-state index contributed by atoms with van der Waals surface area (Å²) in [5, 5.41) is 3.19. The first-order valence-corrected chi connectivity index (χ1v) is 14.9. The summed E-state index contributed by atoms with van der Waals surface area (Å²) < 4.78 is 68.8. The molecule has 0 aromatic heterocycles. The Morgan fingerprint density at radius 1 is 0.905 bits per heavy atom. The van der Waals surface area contributed by atoms with Crippen molar-refractivity contribution >= 4 is 50.7 Å². The predicted octanol–water partition coefficient (Wildman–Crippen LogP) is 6.54. The van der Waals surface area contributed by atoms with Gasteiger partial charge in [-0.1, -0.05) is 53.5 Å². The second kappa shape index (κ2) is 12.9. The van der Waals surface area contributed by atoms with E-state index in [9.17, 15) is 31.2 Å². The smallest absolute Gasteiger partial charge is 0.350 e. The van der Waals surface area contributed by atoms with Crippen molar-refractivity contribution in [3.8, 4) is 0 Å². The lowest BCUT2D eigenvalue weighted by Crippen LogP contribution is -2.54. The summed E-state index contributed by atoms with van der Waals surface area (Å²) in [5.74, 6) is -1.42. The summed E-state index contributed by atoms with van der Waals surface area (Å²) in [4.78, 5) is 28.0. The lowest BCUT2D eigenvalue weighted by molar-refractivity contribution is -0.140. The van der Waals surface area contributed by atoms with Gasteiger partial charge in [-0.25, -0.2) is 8.42 Å². The number of halogens is 5. The summed E-state index contributed by atoms with van der Waals surface area (Å²) in [6, 6.07) is 14.2. The van der Waals surface area contributed by atoms with Crippen LogP contribution in [0.1, 0.15) is 38.8 Å². The number of rotatable bonds is 9. The minimum Gasteiger partial charge on any atom is -0.350 e. The first kappa shape index (κ1) is 33.2. The Balaban J connectivity index is 2.13. The monoisotopic (exact) mass is 643 g/mol. The van der Waals surface area contributed by atoms with E-state index in [1.807, 2.05) is 0 Å². The molecule has 2 amide bonds. The molecule has 3 aromatic carbocycles. The first-order valence-electron chi connectivity index (χ1n) is 12.7. The highest BCUT2D eigenvalue weighted by Gasteiger charge is 2.36. The summed E-state index contributed by atoms with van der Waals surface area (Å²) in [7, 11) is -4.54. The molecule has 0 radical (unpaired) electrons. The number of amides is 2. The molecule has 0 heterocycles. The maximum Gasteiger partial charge on any atom is 0.416 e. The topological polar surface area (TPSA) is 86.8 Å². The van der Waals surface area contributed by atoms with Crippen LogP contribution in [0.15, 0.2) is 77.7 Å². The van der Waals surface area contributed by atoms with Gasteiger partial charge in [-0.15, -0.1) is 0 Å². The van der Waals surface area contributed by atoms with Gasteiger partial charge in [0, 0.05) is 27.7 Å². The van der Waals surface area contributed by atoms with E-state index in [1.165, 1.54) is 31.2 Å². The molecule has 0 aliphatic rings. The molecular weight excluding hydrogens is 614 g/mol. The molecule has 0 unspecified atom stereocenters. The van der Waals surface area contributed by atoms with Gasteiger partial charge in [-0.05, 0) is 70.2 Å². The summed E-state index contributed by atoms with van der Waals surface area (Å²) in [5.41, 5.74) is -1.84. The van der Waals surface area contributed by atoms with Crippen LogP contribution in [-0.2, 0) is 32.3 Å². The Morgan fingerprint density at radius 3 is 2.02 bits per heavy atom. The Bertz CT molecular complexity index is 1530.